The summed E-state index contributed by atoms with van der Waals surface area (Å²) in [6.07, 6.45) is 0.579. The summed E-state index contributed by atoms with van der Waals surface area (Å²) in [5, 5.41) is 4.09. The van der Waals surface area contributed by atoms with Crippen LogP contribution < -0.4 is 0 Å². The van der Waals surface area contributed by atoms with Crippen molar-refractivity contribution < 1.29 is 9.26 Å². The van der Waals surface area contributed by atoms with Crippen molar-refractivity contribution in [2.24, 2.45) is 0 Å². The molecule has 0 aliphatic carbocycles. The molecule has 0 saturated carbocycles. The third-order valence-electron chi connectivity index (χ3n) is 3.91. The van der Waals surface area contributed by atoms with Crippen molar-refractivity contribution in [1.82, 2.24) is 20.1 Å². The quantitative estimate of drug-likeness (QED) is 0.544. The number of nitrogens with zero attached hydrogens (tertiary/aromatic N) is 3. The van der Waals surface area contributed by atoms with Gasteiger partial charge < -0.3 is 14.2 Å². The Hall–Kier alpha value is -2.99. The third kappa shape index (κ3) is 3.44. The zero-order valence-corrected chi connectivity index (χ0v) is 13.9. The highest BCUT2D eigenvalue weighted by atomic mass is 16.5. The maximum atomic E-state index is 5.67. The maximum Gasteiger partial charge on any atom is 0.229 e. The monoisotopic (exact) mass is 334 g/mol. The van der Waals surface area contributed by atoms with Gasteiger partial charge in [0.15, 0.2) is 0 Å². The average molecular weight is 334 g/mol. The van der Waals surface area contributed by atoms with Crippen molar-refractivity contribution in [2.75, 3.05) is 6.61 Å². The lowest BCUT2D eigenvalue weighted by molar-refractivity contribution is 0.118. The molecule has 2 aromatic carbocycles. The minimum absolute atomic E-state index is 0.530. The van der Waals surface area contributed by atoms with E-state index < -0.39 is 0 Å². The summed E-state index contributed by atoms with van der Waals surface area (Å²) in [5.74, 6) is 1.97. The third-order valence-corrected chi connectivity index (χ3v) is 3.91. The van der Waals surface area contributed by atoms with Gasteiger partial charge in [0, 0.05) is 0 Å². The molecule has 0 radical (unpaired) electrons. The first kappa shape index (κ1) is 15.5. The second-order valence-electron chi connectivity index (χ2n) is 5.82. The van der Waals surface area contributed by atoms with Gasteiger partial charge in [-0.25, -0.2) is 4.98 Å². The number of fused-ring (bicyclic) bond motifs is 1. The molecule has 0 fully saturated rings. The highest BCUT2D eigenvalue weighted by Crippen LogP contribution is 2.25. The molecule has 6 heteroatoms. The summed E-state index contributed by atoms with van der Waals surface area (Å²) in [6, 6.07) is 16.0. The molecule has 4 rings (SSSR count). The Morgan fingerprint density at radius 1 is 1.04 bits per heavy atom. The van der Waals surface area contributed by atoms with Gasteiger partial charge in [0.2, 0.25) is 11.7 Å². The molecule has 0 bridgehead atoms. The van der Waals surface area contributed by atoms with Crippen molar-refractivity contribution in [2.45, 2.75) is 20.0 Å². The number of hydrogen-bond acceptors (Lipinski definition) is 5. The van der Waals surface area contributed by atoms with E-state index in [-0.39, 0.29) is 0 Å². The van der Waals surface area contributed by atoms with Crippen molar-refractivity contribution >= 4 is 11.0 Å². The number of rotatable bonds is 6. The SMILES string of the molecule is Cc1nc2c(-c3noc(CCOCc4ccccc4)n3)cccc2[nH]1. The number of para-hydroxylation sites is 1. The van der Waals surface area contributed by atoms with E-state index in [2.05, 4.69) is 20.1 Å². The summed E-state index contributed by atoms with van der Waals surface area (Å²) in [6.45, 7) is 3.03. The smallest absolute Gasteiger partial charge is 0.229 e. The molecule has 126 valence electrons. The van der Waals surface area contributed by atoms with Crippen LogP contribution in [0.25, 0.3) is 22.4 Å². The van der Waals surface area contributed by atoms with E-state index in [1.165, 1.54) is 0 Å². The van der Waals surface area contributed by atoms with Gasteiger partial charge in [0.25, 0.3) is 0 Å². The molecule has 2 aromatic heterocycles. The van der Waals surface area contributed by atoms with E-state index >= 15 is 0 Å². The molecule has 0 spiro atoms. The van der Waals surface area contributed by atoms with Crippen LogP contribution >= 0.6 is 0 Å². The molecule has 0 aliphatic heterocycles. The van der Waals surface area contributed by atoms with Crippen LogP contribution in [0.5, 0.6) is 0 Å². The number of nitrogens with one attached hydrogen (secondary N) is 1. The molecule has 0 aliphatic rings. The van der Waals surface area contributed by atoms with Crippen molar-refractivity contribution in [3.05, 3.63) is 65.8 Å². The lowest BCUT2D eigenvalue weighted by Crippen LogP contribution is -1.99. The summed E-state index contributed by atoms with van der Waals surface area (Å²) >= 11 is 0. The number of imidazole rings is 1. The largest absolute Gasteiger partial charge is 0.376 e. The van der Waals surface area contributed by atoms with E-state index in [0.29, 0.717) is 31.3 Å². The Balaban J connectivity index is 1.41. The number of aryl methyl sites for hydroxylation is 1. The van der Waals surface area contributed by atoms with Gasteiger partial charge >= 0.3 is 0 Å². The van der Waals surface area contributed by atoms with Crippen LogP contribution in [0.15, 0.2) is 53.1 Å². The van der Waals surface area contributed by atoms with Gasteiger partial charge in [-0.15, -0.1) is 0 Å². The van der Waals surface area contributed by atoms with E-state index in [4.69, 9.17) is 9.26 Å². The molecule has 0 saturated heterocycles. The fourth-order valence-electron chi connectivity index (χ4n) is 2.73. The van der Waals surface area contributed by atoms with Crippen LogP contribution in [-0.2, 0) is 17.8 Å². The Bertz CT molecular complexity index is 975. The minimum atomic E-state index is 0.530. The number of hydrogen-bond donors (Lipinski definition) is 1. The van der Waals surface area contributed by atoms with Crippen molar-refractivity contribution in [3.8, 4) is 11.4 Å². The molecule has 2 heterocycles. The molecule has 4 aromatic rings. The van der Waals surface area contributed by atoms with Crippen LogP contribution in [0.1, 0.15) is 17.3 Å². The number of H-pyrrole nitrogens is 1. The average Bonchev–Trinajstić information content (AvgIpc) is 3.25. The summed E-state index contributed by atoms with van der Waals surface area (Å²) in [7, 11) is 0. The van der Waals surface area contributed by atoms with Crippen LogP contribution in [0.4, 0.5) is 0 Å². The van der Waals surface area contributed by atoms with E-state index in [9.17, 15) is 0 Å². The normalized spacial score (nSPS) is 11.2. The maximum absolute atomic E-state index is 5.67. The first-order chi connectivity index (χ1) is 12.3. The zero-order chi connectivity index (χ0) is 17.1. The highest BCUT2D eigenvalue weighted by molar-refractivity contribution is 5.89. The summed E-state index contributed by atoms with van der Waals surface area (Å²) in [5.41, 5.74) is 3.83. The van der Waals surface area contributed by atoms with E-state index in [1.54, 1.807) is 0 Å². The Kier molecular flexibility index (Phi) is 4.26. The van der Waals surface area contributed by atoms with E-state index in [1.807, 2.05) is 55.5 Å². The van der Waals surface area contributed by atoms with Crippen molar-refractivity contribution in [3.63, 3.8) is 0 Å². The number of aromatic nitrogens is 4. The minimum Gasteiger partial charge on any atom is -0.376 e. The lowest BCUT2D eigenvalue weighted by Gasteiger charge is -2.01. The van der Waals surface area contributed by atoms with Crippen LogP contribution in [0.2, 0.25) is 0 Å². The van der Waals surface area contributed by atoms with Gasteiger partial charge in [-0.2, -0.15) is 4.98 Å². The first-order valence-corrected chi connectivity index (χ1v) is 8.19. The molecular weight excluding hydrogens is 316 g/mol. The molecule has 0 atom stereocenters. The number of aromatic amines is 1. The molecule has 25 heavy (non-hydrogen) atoms. The first-order valence-electron chi connectivity index (χ1n) is 8.19. The highest BCUT2D eigenvalue weighted by Gasteiger charge is 2.13. The van der Waals surface area contributed by atoms with Crippen LogP contribution in [0.3, 0.4) is 0 Å². The Morgan fingerprint density at radius 2 is 1.92 bits per heavy atom. The predicted molar refractivity (Wildman–Crippen MR) is 93.9 cm³/mol. The molecule has 6 nitrogen and oxygen atoms in total. The Morgan fingerprint density at radius 3 is 2.80 bits per heavy atom. The van der Waals surface area contributed by atoms with Crippen LogP contribution in [0, 0.1) is 6.92 Å². The zero-order valence-electron chi connectivity index (χ0n) is 13.9. The molecule has 0 unspecified atom stereocenters. The second kappa shape index (κ2) is 6.86. The standard InChI is InChI=1S/C19H18N4O2/c1-13-20-16-9-5-8-15(18(16)21-13)19-22-17(25-23-19)10-11-24-12-14-6-3-2-4-7-14/h2-9H,10-12H2,1H3,(H,20,21). The van der Waals surface area contributed by atoms with Gasteiger partial charge in [-0.1, -0.05) is 41.6 Å². The fraction of sp³-hybridized carbons (Fsp3) is 0.211. The van der Waals surface area contributed by atoms with Gasteiger partial charge in [-0.05, 0) is 24.6 Å². The molecule has 0 amide bonds. The summed E-state index contributed by atoms with van der Waals surface area (Å²) < 4.78 is 11.0. The molecular formula is C19H18N4O2. The van der Waals surface area contributed by atoms with Crippen LogP contribution in [-0.4, -0.2) is 26.7 Å². The number of ether oxygens (including phenoxy) is 1. The van der Waals surface area contributed by atoms with Gasteiger partial charge in [-0.3, -0.25) is 0 Å². The molecule has 1 N–H and O–H groups in total. The predicted octanol–water partition coefficient (Wildman–Crippen LogP) is 3.68. The fourth-order valence-corrected chi connectivity index (χ4v) is 2.73. The van der Waals surface area contributed by atoms with Gasteiger partial charge in [0.05, 0.1) is 36.2 Å². The summed E-state index contributed by atoms with van der Waals surface area (Å²) in [4.78, 5) is 12.2. The topological polar surface area (TPSA) is 76.8 Å². The Labute approximate surface area is 144 Å². The van der Waals surface area contributed by atoms with E-state index in [0.717, 1.165) is 28.0 Å². The van der Waals surface area contributed by atoms with Gasteiger partial charge in [0.1, 0.15) is 5.82 Å². The van der Waals surface area contributed by atoms with Crippen molar-refractivity contribution in [1.29, 1.82) is 0 Å². The second-order valence-corrected chi connectivity index (χ2v) is 5.82. The number of benzene rings is 2. The lowest BCUT2D eigenvalue weighted by atomic mass is 10.2.